The van der Waals surface area contributed by atoms with Crippen molar-refractivity contribution in [2.75, 3.05) is 24.5 Å². The highest BCUT2D eigenvalue weighted by Gasteiger charge is 2.38. The van der Waals surface area contributed by atoms with Crippen molar-refractivity contribution in [3.05, 3.63) is 24.3 Å². The molecule has 1 saturated heterocycles. The largest absolute Gasteiger partial charge is 0.480 e. The number of anilines is 1. The van der Waals surface area contributed by atoms with E-state index in [1.807, 2.05) is 12.1 Å². The van der Waals surface area contributed by atoms with Crippen LogP contribution in [0.3, 0.4) is 0 Å². The van der Waals surface area contributed by atoms with Crippen molar-refractivity contribution in [1.82, 2.24) is 9.88 Å². The van der Waals surface area contributed by atoms with Crippen molar-refractivity contribution in [2.45, 2.75) is 32.4 Å². The number of nitrogens with zero attached hydrogens (tertiary/aromatic N) is 3. The molecule has 1 N–H and O–H groups in total. The van der Waals surface area contributed by atoms with Crippen LogP contribution >= 0.6 is 0 Å². The highest BCUT2D eigenvalue weighted by molar-refractivity contribution is 5.81. The number of carbonyl (C=O) groups excluding carboxylic acids is 1. The Morgan fingerprint density at radius 1 is 1.28 bits per heavy atom. The Hall–Kier alpha value is -2.77. The van der Waals surface area contributed by atoms with E-state index in [2.05, 4.69) is 4.98 Å². The van der Waals surface area contributed by atoms with E-state index in [9.17, 15) is 14.7 Å². The molecule has 2 heterocycles. The number of carboxylic acid groups (broad SMARTS) is 1. The first kappa shape index (κ1) is 17.1. The summed E-state index contributed by atoms with van der Waals surface area (Å²) in [5.41, 5.74) is 0.625. The number of hydrogen-bond donors (Lipinski definition) is 1. The molecule has 134 valence electrons. The van der Waals surface area contributed by atoms with E-state index in [1.165, 1.54) is 4.90 Å². The van der Waals surface area contributed by atoms with Crippen LogP contribution in [-0.2, 0) is 9.53 Å². The average Bonchev–Trinajstić information content (AvgIpc) is 2.96. The van der Waals surface area contributed by atoms with Crippen molar-refractivity contribution in [1.29, 1.82) is 0 Å². The van der Waals surface area contributed by atoms with E-state index in [0.29, 0.717) is 24.2 Å². The number of rotatable bonds is 2. The summed E-state index contributed by atoms with van der Waals surface area (Å²) >= 11 is 0. The van der Waals surface area contributed by atoms with Crippen LogP contribution in [0.25, 0.3) is 11.1 Å². The molecule has 0 unspecified atom stereocenters. The maximum absolute atomic E-state index is 12.2. The highest BCUT2D eigenvalue weighted by Crippen LogP contribution is 2.25. The topological polar surface area (TPSA) is 96.1 Å². The van der Waals surface area contributed by atoms with Gasteiger partial charge in [0.15, 0.2) is 5.58 Å². The zero-order valence-corrected chi connectivity index (χ0v) is 14.4. The summed E-state index contributed by atoms with van der Waals surface area (Å²) < 4.78 is 11.0. The Bertz CT molecular complexity index is 762. The number of amides is 1. The van der Waals surface area contributed by atoms with Gasteiger partial charge in [-0.05, 0) is 32.9 Å². The van der Waals surface area contributed by atoms with Crippen LogP contribution in [0, 0.1) is 0 Å². The second kappa shape index (κ2) is 6.27. The van der Waals surface area contributed by atoms with E-state index in [0.717, 1.165) is 0 Å². The Morgan fingerprint density at radius 3 is 2.64 bits per heavy atom. The Morgan fingerprint density at radius 2 is 2.00 bits per heavy atom. The standard InChI is InChI=1S/C17H21N3O5/c1-17(2,3)25-16(23)19-8-9-20(12(10-19)14(21)22)15-18-11-6-4-5-7-13(11)24-15/h4-7,12H,8-10H2,1-3H3,(H,21,22)/t12-/m1/s1. The highest BCUT2D eigenvalue weighted by atomic mass is 16.6. The van der Waals surface area contributed by atoms with Crippen molar-refractivity contribution >= 4 is 29.2 Å². The fourth-order valence-electron chi connectivity index (χ4n) is 2.70. The van der Waals surface area contributed by atoms with Crippen molar-refractivity contribution in [3.8, 4) is 0 Å². The number of para-hydroxylation sites is 2. The Kier molecular flexibility index (Phi) is 4.28. The molecule has 2 aromatic rings. The number of aliphatic carboxylic acids is 1. The molecule has 1 atom stereocenters. The third kappa shape index (κ3) is 3.67. The third-order valence-corrected chi connectivity index (χ3v) is 3.85. The van der Waals surface area contributed by atoms with Gasteiger partial charge in [-0.1, -0.05) is 12.1 Å². The SMILES string of the molecule is CC(C)(C)OC(=O)N1CCN(c2nc3ccccc3o2)[C@@H](C(=O)O)C1. The van der Waals surface area contributed by atoms with E-state index in [4.69, 9.17) is 9.15 Å². The Labute approximate surface area is 145 Å². The molecule has 0 spiro atoms. The molecule has 0 saturated carbocycles. The monoisotopic (exact) mass is 347 g/mol. The van der Waals surface area contributed by atoms with E-state index in [1.54, 1.807) is 37.8 Å². The molecule has 8 nitrogen and oxygen atoms in total. The molecule has 0 bridgehead atoms. The Balaban J connectivity index is 1.80. The second-order valence-electron chi connectivity index (χ2n) is 6.94. The van der Waals surface area contributed by atoms with Gasteiger partial charge in [0.25, 0.3) is 6.01 Å². The number of benzene rings is 1. The zero-order valence-electron chi connectivity index (χ0n) is 14.4. The number of aromatic nitrogens is 1. The van der Waals surface area contributed by atoms with Crippen LogP contribution < -0.4 is 4.90 Å². The molecule has 1 aliphatic rings. The molecule has 1 aromatic heterocycles. The fraction of sp³-hybridized carbons (Fsp3) is 0.471. The van der Waals surface area contributed by atoms with Gasteiger partial charge in [-0.25, -0.2) is 9.59 Å². The maximum Gasteiger partial charge on any atom is 0.410 e. The first-order valence-electron chi connectivity index (χ1n) is 8.07. The number of carboxylic acids is 1. The molecule has 25 heavy (non-hydrogen) atoms. The van der Waals surface area contributed by atoms with E-state index in [-0.39, 0.29) is 12.6 Å². The van der Waals surface area contributed by atoms with Crippen molar-refractivity contribution in [2.24, 2.45) is 0 Å². The van der Waals surface area contributed by atoms with E-state index < -0.39 is 23.7 Å². The fourth-order valence-corrected chi connectivity index (χ4v) is 2.70. The molecule has 1 amide bonds. The lowest BCUT2D eigenvalue weighted by molar-refractivity contribution is -0.139. The lowest BCUT2D eigenvalue weighted by Gasteiger charge is -2.38. The molecule has 0 aliphatic carbocycles. The predicted molar refractivity (Wildman–Crippen MR) is 90.6 cm³/mol. The number of carbonyl (C=O) groups is 2. The summed E-state index contributed by atoms with van der Waals surface area (Å²) in [7, 11) is 0. The van der Waals surface area contributed by atoms with Crippen LogP contribution in [0.1, 0.15) is 20.8 Å². The second-order valence-corrected chi connectivity index (χ2v) is 6.94. The predicted octanol–water partition coefficient (Wildman–Crippen LogP) is 2.34. The summed E-state index contributed by atoms with van der Waals surface area (Å²) in [6.07, 6.45) is -0.518. The average molecular weight is 347 g/mol. The van der Waals surface area contributed by atoms with Gasteiger partial charge < -0.3 is 24.1 Å². The van der Waals surface area contributed by atoms with Gasteiger partial charge in [0.2, 0.25) is 0 Å². The molecular weight excluding hydrogens is 326 g/mol. The normalized spacial score (nSPS) is 18.4. The molecule has 1 aromatic carbocycles. The molecule has 3 rings (SSSR count). The molecule has 8 heteroatoms. The number of fused-ring (bicyclic) bond motifs is 1. The van der Waals surface area contributed by atoms with Crippen LogP contribution in [0.5, 0.6) is 0 Å². The van der Waals surface area contributed by atoms with Crippen LogP contribution in [0.2, 0.25) is 0 Å². The van der Waals surface area contributed by atoms with Gasteiger partial charge in [0.05, 0.1) is 6.54 Å². The van der Waals surface area contributed by atoms with E-state index >= 15 is 0 Å². The van der Waals surface area contributed by atoms with Gasteiger partial charge in [0.1, 0.15) is 17.2 Å². The summed E-state index contributed by atoms with van der Waals surface area (Å²) in [5, 5.41) is 9.59. The van der Waals surface area contributed by atoms with Crippen LogP contribution in [-0.4, -0.2) is 58.3 Å². The molecule has 1 fully saturated rings. The third-order valence-electron chi connectivity index (χ3n) is 3.85. The summed E-state index contributed by atoms with van der Waals surface area (Å²) in [6, 6.07) is 6.54. The smallest absolute Gasteiger partial charge is 0.410 e. The number of oxazole rings is 1. The molecular formula is C17H21N3O5. The van der Waals surface area contributed by atoms with Crippen molar-refractivity contribution < 1.29 is 23.8 Å². The summed E-state index contributed by atoms with van der Waals surface area (Å²) in [4.78, 5) is 31.3. The first-order valence-corrected chi connectivity index (χ1v) is 8.07. The molecule has 0 radical (unpaired) electrons. The van der Waals surface area contributed by atoms with Crippen LogP contribution in [0.4, 0.5) is 10.8 Å². The zero-order chi connectivity index (χ0) is 18.2. The lowest BCUT2D eigenvalue weighted by atomic mass is 10.2. The summed E-state index contributed by atoms with van der Waals surface area (Å²) in [6.45, 7) is 5.94. The van der Waals surface area contributed by atoms with Gasteiger partial charge in [-0.2, -0.15) is 4.98 Å². The maximum atomic E-state index is 12.2. The van der Waals surface area contributed by atoms with Crippen LogP contribution in [0.15, 0.2) is 28.7 Å². The van der Waals surface area contributed by atoms with Crippen molar-refractivity contribution in [3.63, 3.8) is 0 Å². The lowest BCUT2D eigenvalue weighted by Crippen LogP contribution is -2.58. The number of hydrogen-bond acceptors (Lipinski definition) is 6. The minimum absolute atomic E-state index is 0.00295. The quantitative estimate of drug-likeness (QED) is 0.890. The first-order chi connectivity index (χ1) is 11.7. The molecule has 1 aliphatic heterocycles. The summed E-state index contributed by atoms with van der Waals surface area (Å²) in [5.74, 6) is -1.05. The van der Waals surface area contributed by atoms with Gasteiger partial charge in [-0.3, -0.25) is 0 Å². The minimum Gasteiger partial charge on any atom is -0.480 e. The van der Waals surface area contributed by atoms with Gasteiger partial charge in [0, 0.05) is 13.1 Å². The number of ether oxygens (including phenoxy) is 1. The minimum atomic E-state index is -1.05. The van der Waals surface area contributed by atoms with Gasteiger partial charge >= 0.3 is 12.1 Å². The number of piperazine rings is 1. The van der Waals surface area contributed by atoms with Gasteiger partial charge in [-0.15, -0.1) is 0 Å².